The largest absolute Gasteiger partial charge is 0.416 e. The molecule has 2 heterocycles. The van der Waals surface area contributed by atoms with Crippen LogP contribution in [-0.4, -0.2) is 33.3 Å². The number of amides is 4. The van der Waals surface area contributed by atoms with E-state index in [0.717, 1.165) is 23.1 Å². The monoisotopic (exact) mass is 494 g/mol. The quantitative estimate of drug-likeness (QED) is 0.457. The van der Waals surface area contributed by atoms with E-state index in [2.05, 4.69) is 22.9 Å². The molecular formula is C23H25F3N4O3S. The van der Waals surface area contributed by atoms with Crippen LogP contribution in [-0.2, 0) is 22.3 Å². The molecule has 7 nitrogen and oxygen atoms in total. The normalized spacial score (nSPS) is 16.3. The molecule has 11 heteroatoms. The van der Waals surface area contributed by atoms with Gasteiger partial charge in [0.05, 0.1) is 11.3 Å². The van der Waals surface area contributed by atoms with Gasteiger partial charge < -0.3 is 10.2 Å². The van der Waals surface area contributed by atoms with Crippen molar-refractivity contribution < 1.29 is 27.6 Å². The summed E-state index contributed by atoms with van der Waals surface area (Å²) in [6.07, 6.45) is -3.11. The minimum Gasteiger partial charge on any atom is -0.310 e. The number of carbonyl (C=O) groups excluding carboxylic acids is 3. The van der Waals surface area contributed by atoms with Gasteiger partial charge in [0.2, 0.25) is 5.91 Å². The summed E-state index contributed by atoms with van der Waals surface area (Å²) in [5.41, 5.74) is -2.27. The molecule has 2 aromatic rings. The summed E-state index contributed by atoms with van der Waals surface area (Å²) in [6, 6.07) is 5.20. The van der Waals surface area contributed by atoms with Crippen LogP contribution in [0.2, 0.25) is 0 Å². The molecule has 0 radical (unpaired) electrons. The average molecular weight is 495 g/mol. The van der Waals surface area contributed by atoms with Crippen LogP contribution >= 0.6 is 12.6 Å². The molecule has 1 aromatic heterocycles. The lowest BCUT2D eigenvalue weighted by Gasteiger charge is -2.27. The lowest BCUT2D eigenvalue weighted by molar-refractivity contribution is -0.137. The van der Waals surface area contributed by atoms with Gasteiger partial charge in [0.15, 0.2) is 0 Å². The number of pyridine rings is 1. The number of carbonyl (C=O) groups is 3. The zero-order valence-electron chi connectivity index (χ0n) is 19.3. The molecule has 0 aliphatic carbocycles. The van der Waals surface area contributed by atoms with Gasteiger partial charge in [-0.2, -0.15) is 13.2 Å². The van der Waals surface area contributed by atoms with E-state index < -0.39 is 34.6 Å². The second-order valence-electron chi connectivity index (χ2n) is 9.52. The molecule has 182 valence electrons. The Morgan fingerprint density at radius 2 is 1.76 bits per heavy atom. The van der Waals surface area contributed by atoms with Crippen molar-refractivity contribution in [2.45, 2.75) is 57.8 Å². The Balaban J connectivity index is 1.89. The molecule has 0 unspecified atom stereocenters. The number of alkyl halides is 3. The van der Waals surface area contributed by atoms with Crippen LogP contribution in [0.3, 0.4) is 0 Å². The molecule has 1 aliphatic heterocycles. The van der Waals surface area contributed by atoms with E-state index >= 15 is 0 Å². The fourth-order valence-electron chi connectivity index (χ4n) is 3.33. The maximum atomic E-state index is 13.3. The SMILES string of the molecule is CC(C)(C)C(=O)Nc1cc(CN2C(=O)N(c3ccc(C(F)(F)F)cc3S)C(=O)C2(C)C)ccn1. The fraction of sp³-hybridized carbons (Fsp3) is 0.391. The molecular weight excluding hydrogens is 469 g/mol. The van der Waals surface area contributed by atoms with E-state index in [1.165, 1.54) is 11.1 Å². The van der Waals surface area contributed by atoms with Crippen molar-refractivity contribution in [2.75, 3.05) is 10.2 Å². The third-order valence-electron chi connectivity index (χ3n) is 5.45. The minimum atomic E-state index is -4.58. The van der Waals surface area contributed by atoms with Gasteiger partial charge in [0, 0.05) is 23.1 Å². The Morgan fingerprint density at radius 1 is 1.12 bits per heavy atom. The number of anilines is 2. The van der Waals surface area contributed by atoms with E-state index in [-0.39, 0.29) is 23.0 Å². The summed E-state index contributed by atoms with van der Waals surface area (Å²) in [7, 11) is 0. The predicted molar refractivity (Wildman–Crippen MR) is 124 cm³/mol. The number of thiol groups is 1. The van der Waals surface area contributed by atoms with Crippen LogP contribution in [0, 0.1) is 5.41 Å². The van der Waals surface area contributed by atoms with E-state index in [4.69, 9.17) is 0 Å². The van der Waals surface area contributed by atoms with Gasteiger partial charge >= 0.3 is 12.2 Å². The van der Waals surface area contributed by atoms with Gasteiger partial charge in [0.25, 0.3) is 5.91 Å². The maximum Gasteiger partial charge on any atom is 0.416 e. The van der Waals surface area contributed by atoms with Crippen LogP contribution in [0.15, 0.2) is 41.4 Å². The van der Waals surface area contributed by atoms with Gasteiger partial charge in [-0.05, 0) is 49.7 Å². The van der Waals surface area contributed by atoms with Crippen molar-refractivity contribution in [3.05, 3.63) is 47.7 Å². The molecule has 0 saturated carbocycles. The highest BCUT2D eigenvalue weighted by Crippen LogP contribution is 2.39. The van der Waals surface area contributed by atoms with Crippen molar-refractivity contribution in [3.8, 4) is 0 Å². The molecule has 1 aliphatic rings. The summed E-state index contributed by atoms with van der Waals surface area (Å²) in [5.74, 6) is -0.534. The highest BCUT2D eigenvalue weighted by atomic mass is 32.1. The predicted octanol–water partition coefficient (Wildman–Crippen LogP) is 5.12. The molecule has 0 atom stereocenters. The van der Waals surface area contributed by atoms with Crippen LogP contribution in [0.25, 0.3) is 0 Å². The van der Waals surface area contributed by atoms with E-state index in [0.29, 0.717) is 11.4 Å². The van der Waals surface area contributed by atoms with Gasteiger partial charge in [-0.25, -0.2) is 14.7 Å². The highest BCUT2D eigenvalue weighted by molar-refractivity contribution is 7.80. The number of benzene rings is 1. The van der Waals surface area contributed by atoms with Crippen LogP contribution in [0.1, 0.15) is 45.7 Å². The zero-order valence-corrected chi connectivity index (χ0v) is 20.2. The third-order valence-corrected chi connectivity index (χ3v) is 5.81. The number of imide groups is 1. The Hall–Kier alpha value is -3.08. The summed E-state index contributed by atoms with van der Waals surface area (Å²) < 4.78 is 39.0. The summed E-state index contributed by atoms with van der Waals surface area (Å²) >= 11 is 4.10. The number of halogens is 3. The first-order valence-electron chi connectivity index (χ1n) is 10.4. The standard InChI is InChI=1S/C23H25F3N4O3S/c1-21(2,3)18(31)28-17-10-13(8-9-27-17)12-29-20(33)30(19(32)22(29,4)5)15-7-6-14(11-16(15)34)23(24,25)26/h6-11,34H,12H2,1-5H3,(H,27,28,31). The third kappa shape index (κ3) is 4.89. The van der Waals surface area contributed by atoms with Crippen molar-refractivity contribution in [1.29, 1.82) is 0 Å². The molecule has 1 N–H and O–H groups in total. The van der Waals surface area contributed by atoms with Crippen LogP contribution in [0.4, 0.5) is 29.5 Å². The first kappa shape index (κ1) is 25.5. The molecule has 34 heavy (non-hydrogen) atoms. The number of nitrogens with one attached hydrogen (secondary N) is 1. The summed E-state index contributed by atoms with van der Waals surface area (Å²) in [6.45, 7) is 8.40. The molecule has 1 saturated heterocycles. The molecule has 4 amide bonds. The number of nitrogens with zero attached hydrogens (tertiary/aromatic N) is 3. The Labute approximate surface area is 200 Å². The van der Waals surface area contributed by atoms with Gasteiger partial charge in [-0.1, -0.05) is 20.8 Å². The lowest BCUT2D eigenvalue weighted by Crippen LogP contribution is -2.43. The van der Waals surface area contributed by atoms with Crippen LogP contribution < -0.4 is 10.2 Å². The zero-order chi connectivity index (χ0) is 25.6. The molecule has 0 spiro atoms. The number of urea groups is 1. The van der Waals surface area contributed by atoms with Gasteiger partial charge in [-0.3, -0.25) is 9.59 Å². The molecule has 0 bridgehead atoms. The van der Waals surface area contributed by atoms with E-state index in [9.17, 15) is 27.6 Å². The summed E-state index contributed by atoms with van der Waals surface area (Å²) in [5, 5.41) is 2.71. The Morgan fingerprint density at radius 3 is 2.32 bits per heavy atom. The van der Waals surface area contributed by atoms with E-state index in [1.807, 2.05) is 0 Å². The first-order chi connectivity index (χ1) is 15.5. The van der Waals surface area contributed by atoms with Crippen molar-refractivity contribution in [3.63, 3.8) is 0 Å². The second-order valence-corrected chi connectivity index (χ2v) is 10.0. The number of hydrogen-bond donors (Lipinski definition) is 2. The van der Waals surface area contributed by atoms with Crippen molar-refractivity contribution in [2.24, 2.45) is 5.41 Å². The Bertz CT molecular complexity index is 1160. The number of rotatable bonds is 4. The first-order valence-corrected chi connectivity index (χ1v) is 10.8. The highest BCUT2D eigenvalue weighted by Gasteiger charge is 2.52. The Kier molecular flexibility index (Phi) is 6.47. The minimum absolute atomic E-state index is 0.0114. The topological polar surface area (TPSA) is 82.6 Å². The van der Waals surface area contributed by atoms with Gasteiger partial charge in [0.1, 0.15) is 11.4 Å². The number of hydrogen-bond acceptors (Lipinski definition) is 5. The smallest absolute Gasteiger partial charge is 0.310 e. The van der Waals surface area contributed by atoms with E-state index in [1.54, 1.807) is 46.8 Å². The fourth-order valence-corrected chi connectivity index (χ4v) is 3.64. The molecule has 3 rings (SSSR count). The molecule has 1 aromatic carbocycles. The van der Waals surface area contributed by atoms with Crippen molar-refractivity contribution >= 4 is 42.0 Å². The lowest BCUT2D eigenvalue weighted by atomic mass is 9.96. The van der Waals surface area contributed by atoms with Gasteiger partial charge in [-0.15, -0.1) is 12.6 Å². The summed E-state index contributed by atoms with van der Waals surface area (Å²) in [4.78, 5) is 44.8. The number of aromatic nitrogens is 1. The second kappa shape index (κ2) is 8.61. The molecule has 1 fully saturated rings. The maximum absolute atomic E-state index is 13.3. The average Bonchev–Trinajstić information content (AvgIpc) is 2.87. The van der Waals surface area contributed by atoms with Crippen molar-refractivity contribution in [1.82, 2.24) is 9.88 Å². The van der Waals surface area contributed by atoms with Crippen LogP contribution in [0.5, 0.6) is 0 Å².